The van der Waals surface area contributed by atoms with Gasteiger partial charge in [-0.1, -0.05) is 51.5 Å². The molecule has 0 aliphatic carbocycles. The minimum Gasteiger partial charge on any atom is -0.469 e. The highest BCUT2D eigenvalue weighted by atomic mass is 16.5. The first-order chi connectivity index (χ1) is 12.2. The molecule has 1 fully saturated rings. The van der Waals surface area contributed by atoms with Crippen LogP contribution in [-0.2, 0) is 19.1 Å². The molecule has 0 aromatic carbocycles. The molecule has 2 atom stereocenters. The Morgan fingerprint density at radius 1 is 1.00 bits per heavy atom. The van der Waals surface area contributed by atoms with Crippen molar-refractivity contribution in [1.29, 1.82) is 0 Å². The Balaban J connectivity index is 2.01. The molecule has 0 aromatic rings. The molecule has 144 valence electrons. The lowest BCUT2D eigenvalue weighted by Gasteiger charge is -2.11. The Bertz CT molecular complexity index is 403. The number of carbonyl (C=O) groups excluding carboxylic acids is 2. The van der Waals surface area contributed by atoms with E-state index in [9.17, 15) is 9.59 Å². The molecule has 0 N–H and O–H groups in total. The maximum Gasteiger partial charge on any atom is 0.305 e. The maximum atomic E-state index is 11.7. The Morgan fingerprint density at radius 3 is 2.48 bits per heavy atom. The van der Waals surface area contributed by atoms with Crippen molar-refractivity contribution in [2.45, 2.75) is 103 Å². The Labute approximate surface area is 153 Å². The van der Waals surface area contributed by atoms with Gasteiger partial charge in [-0.15, -0.1) is 0 Å². The van der Waals surface area contributed by atoms with Crippen molar-refractivity contribution >= 4 is 11.8 Å². The summed E-state index contributed by atoms with van der Waals surface area (Å²) in [5, 5.41) is 0. The standard InChI is InChI=1S/C21H36O4/c1-3-4-8-11-18(22)14-15-20-17-16-19(25-20)12-9-6-5-7-10-13-21(23)24-2/h14-15,19-20H,3-13,16-17H2,1-2H3. The number of hydrogen-bond donors (Lipinski definition) is 0. The number of rotatable bonds is 14. The zero-order valence-electron chi connectivity index (χ0n) is 16.1. The van der Waals surface area contributed by atoms with Crippen LogP contribution in [0.2, 0.25) is 0 Å². The fourth-order valence-corrected chi connectivity index (χ4v) is 3.21. The topological polar surface area (TPSA) is 52.6 Å². The van der Waals surface area contributed by atoms with Crippen molar-refractivity contribution in [2.24, 2.45) is 0 Å². The van der Waals surface area contributed by atoms with Gasteiger partial charge in [0.25, 0.3) is 0 Å². The van der Waals surface area contributed by atoms with Gasteiger partial charge < -0.3 is 9.47 Å². The van der Waals surface area contributed by atoms with Gasteiger partial charge in [0.2, 0.25) is 0 Å². The molecule has 1 saturated heterocycles. The lowest BCUT2D eigenvalue weighted by molar-refractivity contribution is -0.140. The number of esters is 1. The lowest BCUT2D eigenvalue weighted by atomic mass is 10.0. The number of methoxy groups -OCH3 is 1. The summed E-state index contributed by atoms with van der Waals surface area (Å²) in [5.41, 5.74) is 0. The molecule has 0 bridgehead atoms. The Morgan fingerprint density at radius 2 is 1.72 bits per heavy atom. The zero-order chi connectivity index (χ0) is 18.3. The van der Waals surface area contributed by atoms with Gasteiger partial charge in [0.15, 0.2) is 5.78 Å². The van der Waals surface area contributed by atoms with Gasteiger partial charge in [-0.25, -0.2) is 0 Å². The Kier molecular flexibility index (Phi) is 12.3. The normalized spacial score (nSPS) is 20.2. The first kappa shape index (κ1) is 21.9. The number of ketones is 1. The first-order valence-electron chi connectivity index (χ1n) is 10.1. The third kappa shape index (κ3) is 11.1. The van der Waals surface area contributed by atoms with Gasteiger partial charge >= 0.3 is 5.97 Å². The first-order valence-corrected chi connectivity index (χ1v) is 10.1. The second-order valence-corrected chi connectivity index (χ2v) is 7.04. The molecule has 4 nitrogen and oxygen atoms in total. The summed E-state index contributed by atoms with van der Waals surface area (Å²) in [6.07, 6.45) is 17.4. The second-order valence-electron chi connectivity index (χ2n) is 7.04. The quantitative estimate of drug-likeness (QED) is 0.247. The van der Waals surface area contributed by atoms with Gasteiger partial charge in [0.05, 0.1) is 19.3 Å². The van der Waals surface area contributed by atoms with Crippen molar-refractivity contribution in [3.8, 4) is 0 Å². The molecule has 1 heterocycles. The molecule has 1 aliphatic rings. The average Bonchev–Trinajstić information content (AvgIpc) is 3.07. The van der Waals surface area contributed by atoms with Gasteiger partial charge in [-0.2, -0.15) is 0 Å². The molecule has 0 aromatic heterocycles. The summed E-state index contributed by atoms with van der Waals surface area (Å²) in [6, 6.07) is 0. The molecule has 0 saturated carbocycles. The molecule has 2 unspecified atom stereocenters. The molecule has 4 heteroatoms. The number of unbranched alkanes of at least 4 members (excludes halogenated alkanes) is 6. The van der Waals surface area contributed by atoms with Gasteiger partial charge in [-0.05, 0) is 38.2 Å². The van der Waals surface area contributed by atoms with Crippen LogP contribution in [0.3, 0.4) is 0 Å². The molecule has 25 heavy (non-hydrogen) atoms. The maximum absolute atomic E-state index is 11.7. The van der Waals surface area contributed by atoms with Gasteiger partial charge in [0, 0.05) is 12.8 Å². The van der Waals surface area contributed by atoms with E-state index in [1.165, 1.54) is 26.4 Å². The fraction of sp³-hybridized carbons (Fsp3) is 0.810. The highest BCUT2D eigenvalue weighted by Crippen LogP contribution is 2.25. The van der Waals surface area contributed by atoms with E-state index in [0.717, 1.165) is 51.4 Å². The van der Waals surface area contributed by atoms with E-state index in [0.29, 0.717) is 18.9 Å². The van der Waals surface area contributed by atoms with E-state index in [4.69, 9.17) is 4.74 Å². The summed E-state index contributed by atoms with van der Waals surface area (Å²) in [7, 11) is 1.44. The van der Waals surface area contributed by atoms with Crippen LogP contribution in [0, 0.1) is 0 Å². The van der Waals surface area contributed by atoms with Crippen LogP contribution in [-0.4, -0.2) is 31.1 Å². The predicted octanol–water partition coefficient (Wildman–Crippen LogP) is 5.14. The molecule has 0 amide bonds. The summed E-state index contributed by atoms with van der Waals surface area (Å²) in [6.45, 7) is 2.15. The zero-order valence-corrected chi connectivity index (χ0v) is 16.1. The van der Waals surface area contributed by atoms with Crippen LogP contribution in [0.15, 0.2) is 12.2 Å². The third-order valence-electron chi connectivity index (χ3n) is 4.80. The van der Waals surface area contributed by atoms with Crippen LogP contribution in [0.5, 0.6) is 0 Å². The minimum atomic E-state index is -0.109. The molecular formula is C21H36O4. The van der Waals surface area contributed by atoms with Crippen LogP contribution in [0.1, 0.15) is 90.4 Å². The molecular weight excluding hydrogens is 316 g/mol. The highest BCUT2D eigenvalue weighted by Gasteiger charge is 2.22. The summed E-state index contributed by atoms with van der Waals surface area (Å²) >= 11 is 0. The SMILES string of the molecule is CCCCCC(=O)C=CC1CCC(CCCCCCCC(=O)OC)O1. The fourth-order valence-electron chi connectivity index (χ4n) is 3.21. The molecule has 1 rings (SSSR count). The molecule has 1 aliphatic heterocycles. The van der Waals surface area contributed by atoms with E-state index in [1.54, 1.807) is 6.08 Å². The van der Waals surface area contributed by atoms with Crippen molar-refractivity contribution in [3.63, 3.8) is 0 Å². The van der Waals surface area contributed by atoms with Crippen molar-refractivity contribution in [1.82, 2.24) is 0 Å². The summed E-state index contributed by atoms with van der Waals surface area (Å²) < 4.78 is 10.6. The van der Waals surface area contributed by atoms with Crippen LogP contribution in [0.25, 0.3) is 0 Å². The monoisotopic (exact) mass is 352 g/mol. The molecule has 0 spiro atoms. The van der Waals surface area contributed by atoms with Gasteiger partial charge in [-0.3, -0.25) is 9.59 Å². The predicted molar refractivity (Wildman–Crippen MR) is 101 cm³/mol. The average molecular weight is 353 g/mol. The second kappa shape index (κ2) is 14.1. The largest absolute Gasteiger partial charge is 0.469 e. The summed E-state index contributed by atoms with van der Waals surface area (Å²) in [4.78, 5) is 22.7. The van der Waals surface area contributed by atoms with Crippen molar-refractivity contribution in [3.05, 3.63) is 12.2 Å². The summed E-state index contributed by atoms with van der Waals surface area (Å²) in [5.74, 6) is 0.120. The highest BCUT2D eigenvalue weighted by molar-refractivity contribution is 5.89. The van der Waals surface area contributed by atoms with E-state index in [-0.39, 0.29) is 17.9 Å². The van der Waals surface area contributed by atoms with E-state index in [2.05, 4.69) is 11.7 Å². The van der Waals surface area contributed by atoms with E-state index < -0.39 is 0 Å². The lowest BCUT2D eigenvalue weighted by Crippen LogP contribution is -2.09. The van der Waals surface area contributed by atoms with E-state index >= 15 is 0 Å². The molecule has 0 radical (unpaired) electrons. The number of carbonyl (C=O) groups is 2. The van der Waals surface area contributed by atoms with Gasteiger partial charge in [0.1, 0.15) is 0 Å². The number of ether oxygens (including phenoxy) is 2. The van der Waals surface area contributed by atoms with Crippen molar-refractivity contribution in [2.75, 3.05) is 7.11 Å². The number of allylic oxidation sites excluding steroid dienone is 1. The van der Waals surface area contributed by atoms with Crippen LogP contribution in [0.4, 0.5) is 0 Å². The van der Waals surface area contributed by atoms with Crippen LogP contribution < -0.4 is 0 Å². The van der Waals surface area contributed by atoms with Crippen LogP contribution >= 0.6 is 0 Å². The Hall–Kier alpha value is -1.16. The number of hydrogen-bond acceptors (Lipinski definition) is 4. The van der Waals surface area contributed by atoms with Crippen molar-refractivity contribution < 1.29 is 19.1 Å². The third-order valence-corrected chi connectivity index (χ3v) is 4.80. The van der Waals surface area contributed by atoms with E-state index in [1.807, 2.05) is 6.08 Å². The minimum absolute atomic E-state index is 0.109. The smallest absolute Gasteiger partial charge is 0.305 e.